The Balaban J connectivity index is 0.00000353. The number of anilines is 4. The van der Waals surface area contributed by atoms with Crippen molar-refractivity contribution in [3.63, 3.8) is 0 Å². The molecule has 11 nitrogen and oxygen atoms in total. The largest absolute Gasteiger partial charge is 0.376 e. The first-order chi connectivity index (χ1) is 19.8. The highest BCUT2D eigenvalue weighted by atomic mass is 35.5. The van der Waals surface area contributed by atoms with Crippen molar-refractivity contribution in [1.82, 2.24) is 29.8 Å². The average molecular weight is 634 g/mol. The molecule has 3 saturated heterocycles. The van der Waals surface area contributed by atoms with Crippen LogP contribution in [0.25, 0.3) is 0 Å². The highest BCUT2D eigenvalue weighted by Gasteiger charge is 2.47. The Bertz CT molecular complexity index is 1360. The van der Waals surface area contributed by atoms with E-state index in [1.165, 1.54) is 11.8 Å². The number of likely N-dealkylation sites (N-methyl/N-ethyl adjacent to an activating group) is 1. The number of nitrogens with two attached hydrogens (primary N) is 1. The van der Waals surface area contributed by atoms with Crippen molar-refractivity contribution in [2.75, 3.05) is 62.0 Å². The van der Waals surface area contributed by atoms with Gasteiger partial charge in [0.25, 0.3) is 0 Å². The van der Waals surface area contributed by atoms with Gasteiger partial charge in [0.15, 0.2) is 5.82 Å². The molecular formula is C28H38Cl2N10OS. The second kappa shape index (κ2) is 13.0. The van der Waals surface area contributed by atoms with Gasteiger partial charge >= 0.3 is 0 Å². The van der Waals surface area contributed by atoms with Crippen LogP contribution in [-0.2, 0) is 4.74 Å². The van der Waals surface area contributed by atoms with E-state index < -0.39 is 0 Å². The van der Waals surface area contributed by atoms with E-state index in [9.17, 15) is 0 Å². The zero-order valence-corrected chi connectivity index (χ0v) is 26.5. The predicted molar refractivity (Wildman–Crippen MR) is 170 cm³/mol. The third kappa shape index (κ3) is 6.39. The number of hydrogen-bond donors (Lipinski definition) is 2. The van der Waals surface area contributed by atoms with Gasteiger partial charge in [-0.3, -0.25) is 0 Å². The summed E-state index contributed by atoms with van der Waals surface area (Å²) in [6.45, 7) is 6.45. The van der Waals surface area contributed by atoms with Crippen molar-refractivity contribution in [1.29, 1.82) is 0 Å². The molecule has 3 fully saturated rings. The number of hydrogen-bond acceptors (Lipinski definition) is 12. The maximum atomic E-state index is 6.78. The Morgan fingerprint density at radius 2 is 1.86 bits per heavy atom. The molecule has 3 aliphatic rings. The Morgan fingerprint density at radius 3 is 2.52 bits per heavy atom. The predicted octanol–water partition coefficient (Wildman–Crippen LogP) is 4.10. The Kier molecular flexibility index (Phi) is 9.60. The average Bonchev–Trinajstić information content (AvgIpc) is 3.59. The number of aromatic nitrogens is 5. The quantitative estimate of drug-likeness (QED) is 0.390. The van der Waals surface area contributed by atoms with Gasteiger partial charge in [-0.15, -0.1) is 12.4 Å². The van der Waals surface area contributed by atoms with Gasteiger partial charge in [0.2, 0.25) is 5.95 Å². The van der Waals surface area contributed by atoms with Crippen LogP contribution in [0, 0.1) is 5.41 Å². The number of halogens is 2. The summed E-state index contributed by atoms with van der Waals surface area (Å²) in [5.74, 6) is 2.76. The maximum absolute atomic E-state index is 6.78. The van der Waals surface area contributed by atoms with E-state index in [0.717, 1.165) is 67.8 Å². The van der Waals surface area contributed by atoms with Gasteiger partial charge in [-0.05, 0) is 52.4 Å². The molecular weight excluding hydrogens is 595 g/mol. The standard InChI is InChI=1S/C28H37ClN10OS.ClH/c1-18-25(30)28(17-40-18)7-12-38(13-8-28)22-14-34-23(15-33-22)41-20-4-9-31-26(24(20)29)35-21-5-10-32-27(36-21)39-11-6-19(16-39)37(2)3;/h4-5,9-10,14-15,18-19,25H,6-8,11-13,16-17,30H2,1-3H3,(H,31,32,35,36);1H/t18-,19+,25+;/m0./s1. The van der Waals surface area contributed by atoms with Gasteiger partial charge in [-0.1, -0.05) is 23.4 Å². The maximum Gasteiger partial charge on any atom is 0.227 e. The summed E-state index contributed by atoms with van der Waals surface area (Å²) in [7, 11) is 4.22. The minimum absolute atomic E-state index is 0. The third-order valence-corrected chi connectivity index (χ3v) is 10.2. The van der Waals surface area contributed by atoms with Crippen molar-refractivity contribution in [3.8, 4) is 0 Å². The van der Waals surface area contributed by atoms with Gasteiger partial charge in [0, 0.05) is 61.0 Å². The smallest absolute Gasteiger partial charge is 0.227 e. The molecule has 3 N–H and O–H groups in total. The van der Waals surface area contributed by atoms with E-state index in [2.05, 4.69) is 56.0 Å². The second-order valence-electron chi connectivity index (χ2n) is 11.4. The minimum atomic E-state index is 0. The molecule has 226 valence electrons. The molecule has 3 aromatic rings. The molecule has 3 atom stereocenters. The number of ether oxygens (including phenoxy) is 1. The van der Waals surface area contributed by atoms with Crippen LogP contribution < -0.4 is 20.9 Å². The Hall–Kier alpha value is -2.48. The van der Waals surface area contributed by atoms with E-state index >= 15 is 0 Å². The highest BCUT2D eigenvalue weighted by molar-refractivity contribution is 7.99. The summed E-state index contributed by atoms with van der Waals surface area (Å²) in [6.07, 6.45) is 10.3. The van der Waals surface area contributed by atoms with Crippen molar-refractivity contribution < 1.29 is 4.74 Å². The zero-order chi connectivity index (χ0) is 28.6. The van der Waals surface area contributed by atoms with Gasteiger partial charge in [-0.2, -0.15) is 4.98 Å². The van der Waals surface area contributed by atoms with Gasteiger partial charge in [-0.25, -0.2) is 19.9 Å². The van der Waals surface area contributed by atoms with Crippen LogP contribution in [0.15, 0.2) is 46.8 Å². The summed E-state index contributed by atoms with van der Waals surface area (Å²) in [5, 5.41) is 4.53. The van der Waals surface area contributed by atoms with Crippen LogP contribution in [0.2, 0.25) is 5.02 Å². The van der Waals surface area contributed by atoms with Crippen LogP contribution in [-0.4, -0.2) is 94.9 Å². The molecule has 0 aliphatic carbocycles. The third-order valence-electron chi connectivity index (χ3n) is 8.68. The lowest BCUT2D eigenvalue weighted by molar-refractivity contribution is 0.0974. The van der Waals surface area contributed by atoms with Crippen molar-refractivity contribution in [3.05, 3.63) is 41.9 Å². The van der Waals surface area contributed by atoms with Crippen LogP contribution in [0.4, 0.5) is 23.4 Å². The molecule has 3 aromatic heterocycles. The number of nitrogens with one attached hydrogen (secondary N) is 1. The van der Waals surface area contributed by atoms with Crippen LogP contribution in [0.3, 0.4) is 0 Å². The van der Waals surface area contributed by atoms with E-state index in [1.807, 2.05) is 18.3 Å². The van der Waals surface area contributed by atoms with E-state index in [-0.39, 0.29) is 30.0 Å². The Morgan fingerprint density at radius 1 is 1.07 bits per heavy atom. The number of pyridine rings is 1. The fraction of sp³-hybridized carbons (Fsp3) is 0.536. The SMILES string of the molecule is C[C@@H]1OCC2(CCN(c3cnc(Sc4ccnc(Nc5ccnc(N6CC[C@@H](N(C)C)C6)n5)c4Cl)cn3)CC2)[C@@H]1N.Cl. The van der Waals surface area contributed by atoms with E-state index in [1.54, 1.807) is 18.6 Å². The lowest BCUT2D eigenvalue weighted by Crippen LogP contribution is -2.50. The summed E-state index contributed by atoms with van der Waals surface area (Å²) >= 11 is 8.24. The summed E-state index contributed by atoms with van der Waals surface area (Å²) in [4.78, 5) is 30.6. The molecule has 6 rings (SSSR count). The first-order valence-corrected chi connectivity index (χ1v) is 15.3. The molecule has 0 bridgehead atoms. The minimum Gasteiger partial charge on any atom is -0.376 e. The van der Waals surface area contributed by atoms with Crippen LogP contribution in [0.1, 0.15) is 26.2 Å². The number of rotatable bonds is 7. The van der Waals surface area contributed by atoms with Crippen molar-refractivity contribution in [2.24, 2.45) is 11.1 Å². The monoisotopic (exact) mass is 632 g/mol. The van der Waals surface area contributed by atoms with Crippen molar-refractivity contribution >= 4 is 59.2 Å². The van der Waals surface area contributed by atoms with Crippen LogP contribution in [0.5, 0.6) is 0 Å². The van der Waals surface area contributed by atoms with Gasteiger partial charge in [0.1, 0.15) is 16.7 Å². The molecule has 14 heteroatoms. The highest BCUT2D eigenvalue weighted by Crippen LogP contribution is 2.42. The summed E-state index contributed by atoms with van der Waals surface area (Å²) in [5.41, 5.74) is 6.56. The number of nitrogens with zero attached hydrogens (tertiary/aromatic N) is 8. The first kappa shape index (κ1) is 31.0. The zero-order valence-electron chi connectivity index (χ0n) is 24.1. The van der Waals surface area contributed by atoms with E-state index in [0.29, 0.717) is 28.6 Å². The molecule has 6 heterocycles. The molecule has 0 aromatic carbocycles. The molecule has 3 aliphatic heterocycles. The lowest BCUT2D eigenvalue weighted by Gasteiger charge is -2.41. The molecule has 0 saturated carbocycles. The van der Waals surface area contributed by atoms with E-state index in [4.69, 9.17) is 32.0 Å². The Labute approximate surface area is 262 Å². The molecule has 0 unspecified atom stereocenters. The number of piperidine rings is 1. The van der Waals surface area contributed by atoms with Crippen molar-refractivity contribution in [2.45, 2.75) is 54.3 Å². The van der Waals surface area contributed by atoms with Gasteiger partial charge in [0.05, 0.1) is 30.1 Å². The topological polar surface area (TPSA) is 121 Å². The van der Waals surface area contributed by atoms with Crippen LogP contribution >= 0.6 is 35.8 Å². The van der Waals surface area contributed by atoms with Gasteiger partial charge < -0.3 is 30.5 Å². The fourth-order valence-electron chi connectivity index (χ4n) is 5.92. The fourth-order valence-corrected chi connectivity index (χ4v) is 6.95. The lowest BCUT2D eigenvalue weighted by atomic mass is 9.73. The molecule has 42 heavy (non-hydrogen) atoms. The summed E-state index contributed by atoms with van der Waals surface area (Å²) < 4.78 is 5.86. The summed E-state index contributed by atoms with van der Waals surface area (Å²) in [6, 6.07) is 4.29. The molecule has 0 amide bonds. The molecule has 0 radical (unpaired) electrons. The normalized spacial score (nSPS) is 23.4. The second-order valence-corrected chi connectivity index (χ2v) is 12.8. The molecule has 1 spiro atoms. The first-order valence-electron chi connectivity index (χ1n) is 14.1.